The number of aryl methyl sites for hydroxylation is 1. The fourth-order valence-electron chi connectivity index (χ4n) is 8.48. The van der Waals surface area contributed by atoms with Gasteiger partial charge in [0, 0.05) is 78.7 Å². The number of anilines is 2. The molecule has 6 heterocycles. The zero-order valence-electron chi connectivity index (χ0n) is 35.3. The normalized spacial score (nSPS) is 18.6. The number of ether oxygens (including phenoxy) is 1. The van der Waals surface area contributed by atoms with Gasteiger partial charge in [-0.3, -0.25) is 28.3 Å². The fourth-order valence-corrected chi connectivity index (χ4v) is 8.48. The van der Waals surface area contributed by atoms with Gasteiger partial charge < -0.3 is 30.0 Å². The maximum Gasteiger partial charge on any atom is 0.329 e. The van der Waals surface area contributed by atoms with Crippen molar-refractivity contribution < 1.29 is 27.9 Å². The Kier molecular flexibility index (Phi) is 13.9. The SMILES string of the molecule is CNC(=O)CCC(C=O)n1c(=O)n(C)c2c(CN3CCN(C)CC3)cccc21.C[C@@H]1CN(c2ccn3ncc(C(=O)Nc4cn(C5CCCCC5)nc4C(F)F)c3n2)CCO1. The molecule has 3 fully saturated rings. The minimum absolute atomic E-state index is 0.0260. The van der Waals surface area contributed by atoms with Crippen LogP contribution in [0.15, 0.2) is 47.7 Å². The summed E-state index contributed by atoms with van der Waals surface area (Å²) in [6.07, 6.45) is 8.26. The standard InChI is InChI=1S/C22H27F2N7O2.C20H29N5O3/c1-14-12-29(9-10-33-14)18-7-8-30-21(27-18)16(11-25-30)22(32)26-17-13-31(28-19(17)20(23)24)15-5-3-2-4-6-15;1-21-18(27)8-7-16(14-26)25-17-6-4-5-15(19(17)23(3)20(25)28)13-24-11-9-22(2)10-12-24/h7-8,11,13-15,20H,2-6,9-10,12H2,1H3,(H,26,32);4-6,14,16H,7-13H2,1-3H3,(H,21,27)/t14-;/m1./s1. The summed E-state index contributed by atoms with van der Waals surface area (Å²) in [5.74, 6) is 0.0246. The Morgan fingerprint density at radius 3 is 2.52 bits per heavy atom. The van der Waals surface area contributed by atoms with Gasteiger partial charge in [-0.05, 0) is 50.9 Å². The predicted octanol–water partition coefficient (Wildman–Crippen LogP) is 4.20. The average Bonchev–Trinajstić information content (AvgIpc) is 3.97. The number of carbonyl (C=O) groups is 3. The van der Waals surface area contributed by atoms with Crippen LogP contribution in [0.4, 0.5) is 20.3 Å². The van der Waals surface area contributed by atoms with Gasteiger partial charge in [0.2, 0.25) is 5.91 Å². The number of piperazine rings is 1. The van der Waals surface area contributed by atoms with E-state index in [1.54, 1.807) is 29.5 Å². The van der Waals surface area contributed by atoms with Crippen LogP contribution in [-0.4, -0.2) is 127 Å². The van der Waals surface area contributed by atoms with Crippen molar-refractivity contribution in [3.05, 3.63) is 70.2 Å². The van der Waals surface area contributed by atoms with Crippen LogP contribution in [-0.2, 0) is 27.9 Å². The summed E-state index contributed by atoms with van der Waals surface area (Å²) in [6.45, 7) is 8.80. The Hall–Kier alpha value is -5.53. The molecule has 61 heavy (non-hydrogen) atoms. The number of benzene rings is 1. The number of para-hydroxylation sites is 1. The van der Waals surface area contributed by atoms with E-state index in [9.17, 15) is 28.0 Å². The summed E-state index contributed by atoms with van der Waals surface area (Å²) in [4.78, 5) is 60.7. The molecule has 2 saturated heterocycles. The molecule has 17 nitrogen and oxygen atoms in total. The van der Waals surface area contributed by atoms with Crippen molar-refractivity contribution in [1.82, 2.24) is 48.6 Å². The number of aldehydes is 1. The van der Waals surface area contributed by atoms with Crippen LogP contribution in [0.25, 0.3) is 16.7 Å². The number of halogens is 2. The second kappa shape index (κ2) is 19.5. The molecule has 5 aromatic rings. The topological polar surface area (TPSA) is 169 Å². The number of carbonyl (C=O) groups excluding carboxylic acids is 3. The molecule has 1 unspecified atom stereocenters. The van der Waals surface area contributed by atoms with Gasteiger partial charge >= 0.3 is 5.69 Å². The smallest absolute Gasteiger partial charge is 0.329 e. The zero-order valence-corrected chi connectivity index (χ0v) is 35.3. The Labute approximate surface area is 352 Å². The number of imidazole rings is 1. The van der Waals surface area contributed by atoms with E-state index >= 15 is 0 Å². The van der Waals surface area contributed by atoms with Crippen LogP contribution < -0.4 is 21.2 Å². The van der Waals surface area contributed by atoms with Crippen LogP contribution in [0.1, 0.15) is 92.0 Å². The van der Waals surface area contributed by atoms with E-state index in [1.807, 2.05) is 31.2 Å². The fraction of sp³-hybridized carbons (Fsp3) is 0.548. The summed E-state index contributed by atoms with van der Waals surface area (Å²) in [5, 5.41) is 13.5. The van der Waals surface area contributed by atoms with Gasteiger partial charge in [0.25, 0.3) is 12.3 Å². The first-order valence-corrected chi connectivity index (χ1v) is 21.1. The molecule has 1 aliphatic carbocycles. The van der Waals surface area contributed by atoms with Gasteiger partial charge in [-0.1, -0.05) is 31.4 Å². The van der Waals surface area contributed by atoms with Crippen molar-refractivity contribution in [2.75, 3.05) is 70.2 Å². The number of hydrogen-bond donors (Lipinski definition) is 2. The number of alkyl halides is 2. The molecule has 2 N–H and O–H groups in total. The summed E-state index contributed by atoms with van der Waals surface area (Å²) in [6, 6.07) is 7.12. The second-order valence-electron chi connectivity index (χ2n) is 16.2. The highest BCUT2D eigenvalue weighted by Gasteiger charge is 2.27. The third-order valence-electron chi connectivity index (χ3n) is 11.9. The van der Waals surface area contributed by atoms with Gasteiger partial charge in [0.1, 0.15) is 17.7 Å². The Morgan fingerprint density at radius 1 is 1.05 bits per heavy atom. The first-order chi connectivity index (χ1) is 29.4. The monoisotopic (exact) mass is 846 g/mol. The van der Waals surface area contributed by atoms with Crippen molar-refractivity contribution in [3.8, 4) is 0 Å². The van der Waals surface area contributed by atoms with Crippen molar-refractivity contribution >= 4 is 46.3 Å². The molecule has 19 heteroatoms. The molecule has 2 aliphatic heterocycles. The minimum Gasteiger partial charge on any atom is -0.375 e. The summed E-state index contributed by atoms with van der Waals surface area (Å²) >= 11 is 0. The number of fused-ring (bicyclic) bond motifs is 2. The van der Waals surface area contributed by atoms with Gasteiger partial charge in [0.15, 0.2) is 11.3 Å². The third-order valence-corrected chi connectivity index (χ3v) is 11.9. The lowest BCUT2D eigenvalue weighted by atomic mass is 9.96. The van der Waals surface area contributed by atoms with Crippen molar-refractivity contribution in [2.24, 2.45) is 7.05 Å². The number of aromatic nitrogens is 7. The number of nitrogens with zero attached hydrogens (tertiary/aromatic N) is 10. The number of rotatable bonds is 12. The number of morpholine rings is 1. The van der Waals surface area contributed by atoms with Crippen LogP contribution in [0.3, 0.4) is 0 Å². The van der Waals surface area contributed by atoms with Gasteiger partial charge in [-0.25, -0.2) is 23.1 Å². The van der Waals surface area contributed by atoms with E-state index in [4.69, 9.17) is 4.74 Å². The molecule has 0 radical (unpaired) electrons. The quantitative estimate of drug-likeness (QED) is 0.173. The molecule has 1 aromatic carbocycles. The van der Waals surface area contributed by atoms with Crippen LogP contribution in [0.2, 0.25) is 0 Å². The van der Waals surface area contributed by atoms with Crippen molar-refractivity contribution in [1.29, 1.82) is 0 Å². The first-order valence-electron chi connectivity index (χ1n) is 21.1. The van der Waals surface area contributed by atoms with Crippen molar-refractivity contribution in [2.45, 2.75) is 83.0 Å². The lowest BCUT2D eigenvalue weighted by Gasteiger charge is -2.32. The van der Waals surface area contributed by atoms with Crippen molar-refractivity contribution in [3.63, 3.8) is 0 Å². The number of hydrogen-bond acceptors (Lipinski definition) is 11. The predicted molar refractivity (Wildman–Crippen MR) is 226 cm³/mol. The van der Waals surface area contributed by atoms with Crippen LogP contribution in [0, 0.1) is 0 Å². The lowest BCUT2D eigenvalue weighted by molar-refractivity contribution is -0.121. The maximum absolute atomic E-state index is 13.7. The van der Waals surface area contributed by atoms with Crippen LogP contribution >= 0.6 is 0 Å². The minimum atomic E-state index is -2.79. The molecule has 4 aromatic heterocycles. The highest BCUT2D eigenvalue weighted by atomic mass is 19.3. The van der Waals surface area contributed by atoms with E-state index < -0.39 is 24.1 Å². The van der Waals surface area contributed by atoms with E-state index in [1.165, 1.54) is 21.5 Å². The Balaban J connectivity index is 0.000000187. The molecule has 328 valence electrons. The number of nitrogens with one attached hydrogen (secondary N) is 2. The van der Waals surface area contributed by atoms with E-state index in [0.29, 0.717) is 37.6 Å². The summed E-state index contributed by atoms with van der Waals surface area (Å²) in [5.41, 5.74) is 2.64. The van der Waals surface area contributed by atoms with Gasteiger partial charge in [-0.15, -0.1) is 0 Å². The van der Waals surface area contributed by atoms with Gasteiger partial charge in [-0.2, -0.15) is 10.2 Å². The molecule has 0 spiro atoms. The molecule has 2 amide bonds. The molecular formula is C42H56F2N12O5. The van der Waals surface area contributed by atoms with E-state index in [-0.39, 0.29) is 41.4 Å². The highest BCUT2D eigenvalue weighted by Crippen LogP contribution is 2.33. The van der Waals surface area contributed by atoms with E-state index in [2.05, 4.69) is 47.6 Å². The van der Waals surface area contributed by atoms with Crippen LogP contribution in [0.5, 0.6) is 0 Å². The zero-order chi connectivity index (χ0) is 43.2. The first kappa shape index (κ1) is 43.6. The number of amides is 2. The Bertz CT molecular complexity index is 2380. The third kappa shape index (κ3) is 9.84. The van der Waals surface area contributed by atoms with Gasteiger partial charge in [0.05, 0.1) is 47.7 Å². The average molecular weight is 847 g/mol. The molecular weight excluding hydrogens is 791 g/mol. The summed E-state index contributed by atoms with van der Waals surface area (Å²) < 4.78 is 39.2. The molecule has 0 bridgehead atoms. The second-order valence-corrected chi connectivity index (χ2v) is 16.2. The molecule has 3 aliphatic rings. The molecule has 2 atom stereocenters. The lowest BCUT2D eigenvalue weighted by Crippen LogP contribution is -2.43. The number of likely N-dealkylation sites (N-methyl/N-ethyl adjacent to an activating group) is 1. The van der Waals surface area contributed by atoms with E-state index in [0.717, 1.165) is 87.7 Å². The maximum atomic E-state index is 13.7. The molecule has 1 saturated carbocycles. The highest BCUT2D eigenvalue weighted by molar-refractivity contribution is 6.08. The summed E-state index contributed by atoms with van der Waals surface area (Å²) in [7, 11) is 5.43. The largest absolute Gasteiger partial charge is 0.375 e. The Morgan fingerprint density at radius 2 is 1.82 bits per heavy atom. The molecule has 8 rings (SSSR count).